The molecule has 0 unspecified atom stereocenters. The number of halogens is 3. The van der Waals surface area contributed by atoms with Gasteiger partial charge in [-0.05, 0) is 42.8 Å². The van der Waals surface area contributed by atoms with Crippen LogP contribution in [0.3, 0.4) is 0 Å². The molecule has 5 nitrogen and oxygen atoms in total. The summed E-state index contributed by atoms with van der Waals surface area (Å²) in [7, 11) is 0. The smallest absolute Gasteiger partial charge is 0.286 e. The van der Waals surface area contributed by atoms with Crippen LogP contribution in [0, 0.1) is 11.6 Å². The van der Waals surface area contributed by atoms with Crippen molar-refractivity contribution in [3.63, 3.8) is 0 Å². The molecule has 0 saturated heterocycles. The van der Waals surface area contributed by atoms with E-state index in [2.05, 4.69) is 9.97 Å². The van der Waals surface area contributed by atoms with Crippen LogP contribution >= 0.6 is 11.6 Å². The predicted octanol–water partition coefficient (Wildman–Crippen LogP) is 4.12. The van der Waals surface area contributed by atoms with Crippen molar-refractivity contribution in [2.75, 3.05) is 0 Å². The number of fused-ring (bicyclic) bond motifs is 1. The molecule has 2 aromatic carbocycles. The Morgan fingerprint density at radius 2 is 1.86 bits per heavy atom. The molecule has 0 amide bonds. The highest BCUT2D eigenvalue weighted by atomic mass is 35.5. The Morgan fingerprint density at radius 1 is 1.11 bits per heavy atom. The molecule has 0 N–H and O–H groups in total. The molecule has 0 aliphatic heterocycles. The van der Waals surface area contributed by atoms with Gasteiger partial charge in [0.05, 0.1) is 12.0 Å². The lowest BCUT2D eigenvalue weighted by Gasteiger charge is -2.13. The zero-order valence-electron chi connectivity index (χ0n) is 14.9. The topological polar surface area (TPSA) is 52.7 Å². The molecule has 2 heterocycles. The first-order valence-corrected chi connectivity index (χ1v) is 9.02. The molecule has 28 heavy (non-hydrogen) atoms. The molecule has 142 valence electrons. The molecule has 2 aromatic heterocycles. The minimum Gasteiger partial charge on any atom is -0.315 e. The van der Waals surface area contributed by atoms with Crippen molar-refractivity contribution in [3.8, 4) is 5.69 Å². The Hall–Kier alpha value is -3.06. The van der Waals surface area contributed by atoms with Crippen molar-refractivity contribution in [3.05, 3.63) is 87.2 Å². The van der Waals surface area contributed by atoms with E-state index < -0.39 is 11.6 Å². The van der Waals surface area contributed by atoms with E-state index in [4.69, 9.17) is 11.6 Å². The average molecular weight is 401 g/mol. The van der Waals surface area contributed by atoms with Gasteiger partial charge in [-0.25, -0.2) is 18.7 Å². The molecule has 4 aromatic rings. The van der Waals surface area contributed by atoms with Crippen LogP contribution in [0.15, 0.2) is 53.6 Å². The first kappa shape index (κ1) is 18.3. The van der Waals surface area contributed by atoms with E-state index in [1.807, 2.05) is 6.92 Å². The molecule has 0 spiro atoms. The maximum absolute atomic E-state index is 14.2. The zero-order chi connectivity index (χ0) is 19.8. The van der Waals surface area contributed by atoms with Crippen LogP contribution in [0.25, 0.3) is 16.9 Å². The van der Waals surface area contributed by atoms with E-state index in [0.29, 0.717) is 28.7 Å². The number of aryl methyl sites for hydroxylation is 1. The molecule has 0 bridgehead atoms. The van der Waals surface area contributed by atoms with Crippen molar-refractivity contribution in [2.45, 2.75) is 19.9 Å². The number of rotatable bonds is 4. The van der Waals surface area contributed by atoms with Gasteiger partial charge in [-0.1, -0.05) is 17.7 Å². The Bertz CT molecular complexity index is 1230. The first-order chi connectivity index (χ1) is 13.5. The highest BCUT2D eigenvalue weighted by molar-refractivity contribution is 6.30. The van der Waals surface area contributed by atoms with Crippen molar-refractivity contribution in [1.29, 1.82) is 0 Å². The molecular weight excluding hydrogens is 386 g/mol. The molecule has 8 heteroatoms. The monoisotopic (exact) mass is 400 g/mol. The highest BCUT2D eigenvalue weighted by Crippen LogP contribution is 2.19. The largest absolute Gasteiger partial charge is 0.315 e. The van der Waals surface area contributed by atoms with E-state index in [-0.39, 0.29) is 23.1 Å². The molecule has 0 fully saturated rings. The van der Waals surface area contributed by atoms with Crippen LogP contribution in [0.5, 0.6) is 0 Å². The molecule has 0 aliphatic carbocycles. The summed E-state index contributed by atoms with van der Waals surface area (Å²) >= 11 is 5.96. The van der Waals surface area contributed by atoms with Crippen LogP contribution in [0.1, 0.15) is 18.3 Å². The summed E-state index contributed by atoms with van der Waals surface area (Å²) in [6.07, 6.45) is 1.56. The van der Waals surface area contributed by atoms with Gasteiger partial charge in [-0.3, -0.25) is 9.36 Å². The normalized spacial score (nSPS) is 11.3. The summed E-state index contributed by atoms with van der Waals surface area (Å²) in [6, 6.07) is 10.0. The SMILES string of the molecule is CCn1cnc2c(=O)n(-c3ccc(Cl)cc3)c(Cc3ccc(F)cc3F)nc21. The number of imidazole rings is 1. The summed E-state index contributed by atoms with van der Waals surface area (Å²) in [5.41, 5.74) is 1.05. The van der Waals surface area contributed by atoms with E-state index in [9.17, 15) is 13.6 Å². The second-order valence-electron chi connectivity index (χ2n) is 6.26. The van der Waals surface area contributed by atoms with E-state index in [0.717, 1.165) is 6.07 Å². The van der Waals surface area contributed by atoms with Gasteiger partial charge in [-0.2, -0.15) is 0 Å². The Labute approximate surface area is 163 Å². The summed E-state index contributed by atoms with van der Waals surface area (Å²) < 4.78 is 30.6. The fraction of sp³-hybridized carbons (Fsp3) is 0.150. The fourth-order valence-electron chi connectivity index (χ4n) is 3.08. The van der Waals surface area contributed by atoms with Crippen LogP contribution in [-0.4, -0.2) is 19.1 Å². The number of hydrogen-bond donors (Lipinski definition) is 0. The summed E-state index contributed by atoms with van der Waals surface area (Å²) in [4.78, 5) is 21.9. The Kier molecular flexibility index (Phi) is 4.68. The van der Waals surface area contributed by atoms with Crippen molar-refractivity contribution in [2.24, 2.45) is 0 Å². The summed E-state index contributed by atoms with van der Waals surface area (Å²) in [5, 5.41) is 0.521. The van der Waals surface area contributed by atoms with Gasteiger partial charge in [-0.15, -0.1) is 0 Å². The number of aromatic nitrogens is 4. The third-order valence-electron chi connectivity index (χ3n) is 4.50. The van der Waals surface area contributed by atoms with Gasteiger partial charge in [0.25, 0.3) is 5.56 Å². The minimum atomic E-state index is -0.694. The van der Waals surface area contributed by atoms with Gasteiger partial charge in [0.2, 0.25) is 0 Å². The minimum absolute atomic E-state index is 0.00874. The molecule has 0 radical (unpaired) electrons. The van der Waals surface area contributed by atoms with Crippen molar-refractivity contribution < 1.29 is 8.78 Å². The van der Waals surface area contributed by atoms with E-state index in [1.54, 1.807) is 35.2 Å². The summed E-state index contributed by atoms with van der Waals surface area (Å²) in [6.45, 7) is 2.49. The van der Waals surface area contributed by atoms with Gasteiger partial charge in [0.1, 0.15) is 17.5 Å². The molecule has 0 atom stereocenters. The standard InChI is InChI=1S/C20H15ClF2N4O/c1-2-26-11-24-18-19(26)25-17(9-12-3-6-14(22)10-16(12)23)27(20(18)28)15-7-4-13(21)5-8-15/h3-8,10-11H,2,9H2,1H3. The lowest BCUT2D eigenvalue weighted by molar-refractivity contribution is 0.573. The summed E-state index contributed by atoms with van der Waals surface area (Å²) in [5.74, 6) is -1.04. The maximum Gasteiger partial charge on any atom is 0.286 e. The Balaban J connectivity index is 1.97. The quantitative estimate of drug-likeness (QED) is 0.517. The predicted molar refractivity (Wildman–Crippen MR) is 103 cm³/mol. The fourth-order valence-corrected chi connectivity index (χ4v) is 3.21. The van der Waals surface area contributed by atoms with Crippen LogP contribution in [-0.2, 0) is 13.0 Å². The number of nitrogens with zero attached hydrogens (tertiary/aromatic N) is 4. The molecule has 4 rings (SSSR count). The van der Waals surface area contributed by atoms with Gasteiger partial charge in [0.15, 0.2) is 11.2 Å². The third-order valence-corrected chi connectivity index (χ3v) is 4.75. The highest BCUT2D eigenvalue weighted by Gasteiger charge is 2.18. The first-order valence-electron chi connectivity index (χ1n) is 8.64. The second kappa shape index (κ2) is 7.16. The molecule has 0 aliphatic rings. The average Bonchev–Trinajstić information content (AvgIpc) is 3.08. The molecule has 0 saturated carbocycles. The maximum atomic E-state index is 14.2. The van der Waals surface area contributed by atoms with Gasteiger partial charge >= 0.3 is 0 Å². The van der Waals surface area contributed by atoms with Crippen LogP contribution in [0.2, 0.25) is 5.02 Å². The third kappa shape index (κ3) is 3.18. The number of benzene rings is 2. The van der Waals surface area contributed by atoms with Crippen LogP contribution in [0.4, 0.5) is 8.78 Å². The van der Waals surface area contributed by atoms with E-state index in [1.165, 1.54) is 16.7 Å². The van der Waals surface area contributed by atoms with Crippen molar-refractivity contribution in [1.82, 2.24) is 19.1 Å². The molecular formula is C20H15ClF2N4O. The lowest BCUT2D eigenvalue weighted by Crippen LogP contribution is -2.25. The van der Waals surface area contributed by atoms with E-state index >= 15 is 0 Å². The second-order valence-corrected chi connectivity index (χ2v) is 6.70. The van der Waals surface area contributed by atoms with Gasteiger partial charge in [0, 0.05) is 24.1 Å². The van der Waals surface area contributed by atoms with Crippen molar-refractivity contribution >= 4 is 22.8 Å². The zero-order valence-corrected chi connectivity index (χ0v) is 15.6. The lowest BCUT2D eigenvalue weighted by atomic mass is 10.1. The number of hydrogen-bond acceptors (Lipinski definition) is 3. The van der Waals surface area contributed by atoms with Gasteiger partial charge < -0.3 is 4.57 Å². The van der Waals surface area contributed by atoms with Crippen LogP contribution < -0.4 is 5.56 Å². The Morgan fingerprint density at radius 3 is 2.54 bits per heavy atom.